The normalized spacial score (nSPS) is 11.5. The summed E-state index contributed by atoms with van der Waals surface area (Å²) in [5.41, 5.74) is 2.36. The number of aromatic nitrogens is 4. The fraction of sp³-hybridized carbons (Fsp3) is 0.0500. The molecule has 0 bridgehead atoms. The van der Waals surface area contributed by atoms with E-state index in [0.29, 0.717) is 12.2 Å². The zero-order valence-corrected chi connectivity index (χ0v) is 13.3. The second-order valence-corrected chi connectivity index (χ2v) is 6.05. The van der Waals surface area contributed by atoms with Crippen LogP contribution < -0.4 is 5.69 Å². The highest BCUT2D eigenvalue weighted by Crippen LogP contribution is 2.25. The first-order chi connectivity index (χ1) is 12.3. The zero-order valence-electron chi connectivity index (χ0n) is 13.3. The highest BCUT2D eigenvalue weighted by Gasteiger charge is 2.12. The lowest BCUT2D eigenvalue weighted by Crippen LogP contribution is -2.21. The average molecular weight is 326 g/mol. The van der Waals surface area contributed by atoms with Crippen LogP contribution in [0.5, 0.6) is 0 Å². The Morgan fingerprint density at radius 1 is 0.840 bits per heavy atom. The molecule has 5 aromatic rings. The highest BCUT2D eigenvalue weighted by molar-refractivity contribution is 6.09. The Balaban J connectivity index is 1.78. The first kappa shape index (κ1) is 13.9. The van der Waals surface area contributed by atoms with Gasteiger partial charge in [-0.3, -0.25) is 0 Å². The van der Waals surface area contributed by atoms with Crippen molar-refractivity contribution >= 4 is 27.3 Å². The lowest BCUT2D eigenvalue weighted by atomic mass is 10.1. The van der Waals surface area contributed by atoms with E-state index in [1.54, 1.807) is 6.33 Å². The first-order valence-corrected chi connectivity index (χ1v) is 8.11. The van der Waals surface area contributed by atoms with Crippen LogP contribution >= 0.6 is 0 Å². The second kappa shape index (κ2) is 5.27. The summed E-state index contributed by atoms with van der Waals surface area (Å²) < 4.78 is 3.00. The molecule has 0 saturated heterocycles. The Bertz CT molecular complexity index is 1290. The minimum Gasteiger partial charge on any atom is -0.246 e. The van der Waals surface area contributed by atoms with Crippen molar-refractivity contribution in [1.82, 2.24) is 19.2 Å². The van der Waals surface area contributed by atoms with E-state index < -0.39 is 0 Å². The van der Waals surface area contributed by atoms with Gasteiger partial charge in [-0.25, -0.2) is 18.9 Å². The van der Waals surface area contributed by atoms with Gasteiger partial charge in [-0.05, 0) is 17.0 Å². The van der Waals surface area contributed by atoms with Crippen molar-refractivity contribution in [2.75, 3.05) is 0 Å². The van der Waals surface area contributed by atoms with Crippen LogP contribution in [-0.2, 0) is 6.54 Å². The van der Waals surface area contributed by atoms with Gasteiger partial charge in [-0.1, -0.05) is 60.7 Å². The summed E-state index contributed by atoms with van der Waals surface area (Å²) in [4.78, 5) is 17.2. The van der Waals surface area contributed by atoms with Gasteiger partial charge in [0, 0.05) is 10.8 Å². The standard InChI is InChI=1S/C20H14N4O/c25-20-23-13-21-18-16-9-5-4-8-15(16)10-11-17(18)19(23)22-24(20)12-14-6-2-1-3-7-14/h1-11,13H,12H2. The lowest BCUT2D eigenvalue weighted by molar-refractivity contribution is 0.658. The van der Waals surface area contributed by atoms with Gasteiger partial charge in [0.1, 0.15) is 6.33 Å². The monoisotopic (exact) mass is 326 g/mol. The SMILES string of the molecule is O=c1n(Cc2ccccc2)nc2c3ccc4ccccc4c3ncn12. The second-order valence-electron chi connectivity index (χ2n) is 6.05. The van der Waals surface area contributed by atoms with Crippen molar-refractivity contribution in [1.29, 1.82) is 0 Å². The zero-order chi connectivity index (χ0) is 16.8. The molecule has 5 nitrogen and oxygen atoms in total. The van der Waals surface area contributed by atoms with Gasteiger partial charge in [0.05, 0.1) is 12.1 Å². The fourth-order valence-corrected chi connectivity index (χ4v) is 3.26. The quantitative estimate of drug-likeness (QED) is 0.468. The van der Waals surface area contributed by atoms with E-state index in [4.69, 9.17) is 0 Å². The van der Waals surface area contributed by atoms with Gasteiger partial charge < -0.3 is 0 Å². The minimum atomic E-state index is -0.179. The molecule has 0 saturated carbocycles. The molecule has 0 aliphatic rings. The van der Waals surface area contributed by atoms with Gasteiger partial charge in [0.2, 0.25) is 0 Å². The van der Waals surface area contributed by atoms with E-state index in [1.807, 2.05) is 60.7 Å². The molecule has 0 unspecified atom stereocenters. The molecule has 2 heterocycles. The van der Waals surface area contributed by atoms with Crippen molar-refractivity contribution in [2.45, 2.75) is 6.54 Å². The lowest BCUT2D eigenvalue weighted by Gasteiger charge is -2.03. The molecule has 0 fully saturated rings. The van der Waals surface area contributed by atoms with Crippen LogP contribution in [0.25, 0.3) is 27.3 Å². The maximum Gasteiger partial charge on any atom is 0.351 e. The number of rotatable bonds is 2. The van der Waals surface area contributed by atoms with Crippen LogP contribution in [0, 0.1) is 0 Å². The first-order valence-electron chi connectivity index (χ1n) is 8.11. The van der Waals surface area contributed by atoms with Crippen LogP contribution in [0.4, 0.5) is 0 Å². The van der Waals surface area contributed by atoms with E-state index in [2.05, 4.69) is 16.1 Å². The van der Waals surface area contributed by atoms with E-state index in [9.17, 15) is 4.79 Å². The summed E-state index contributed by atoms with van der Waals surface area (Å²) in [7, 11) is 0. The molecule has 0 N–H and O–H groups in total. The molecule has 0 amide bonds. The molecule has 0 aliphatic heterocycles. The highest BCUT2D eigenvalue weighted by atomic mass is 16.2. The summed E-state index contributed by atoms with van der Waals surface area (Å²) in [5, 5.41) is 7.63. The predicted octanol–water partition coefficient (Wildman–Crippen LogP) is 3.25. The maximum atomic E-state index is 12.7. The molecule has 120 valence electrons. The predicted molar refractivity (Wildman–Crippen MR) is 97.8 cm³/mol. The van der Waals surface area contributed by atoms with Crippen LogP contribution in [0.1, 0.15) is 5.56 Å². The summed E-state index contributed by atoms with van der Waals surface area (Å²) in [6, 6.07) is 22.0. The Morgan fingerprint density at radius 3 is 2.52 bits per heavy atom. The van der Waals surface area contributed by atoms with Gasteiger partial charge in [-0.15, -0.1) is 5.10 Å². The van der Waals surface area contributed by atoms with Crippen LogP contribution in [0.3, 0.4) is 0 Å². The third kappa shape index (κ3) is 2.13. The largest absolute Gasteiger partial charge is 0.351 e. The van der Waals surface area contributed by atoms with E-state index in [1.165, 1.54) is 9.08 Å². The van der Waals surface area contributed by atoms with Crippen molar-refractivity contribution in [3.05, 3.63) is 89.1 Å². The number of hydrogen-bond acceptors (Lipinski definition) is 3. The Kier molecular flexibility index (Phi) is 2.94. The van der Waals surface area contributed by atoms with E-state index in [0.717, 1.165) is 27.2 Å². The van der Waals surface area contributed by atoms with Crippen LogP contribution in [0.15, 0.2) is 77.9 Å². The summed E-state index contributed by atoms with van der Waals surface area (Å²) in [5.74, 6) is 0. The Morgan fingerprint density at radius 2 is 1.64 bits per heavy atom. The molecule has 5 rings (SSSR count). The van der Waals surface area contributed by atoms with Gasteiger partial charge in [-0.2, -0.15) is 0 Å². The molecule has 25 heavy (non-hydrogen) atoms. The van der Waals surface area contributed by atoms with Gasteiger partial charge in [0.15, 0.2) is 5.65 Å². The number of hydrogen-bond donors (Lipinski definition) is 0. The molecule has 5 heteroatoms. The molecule has 0 atom stereocenters. The number of fused-ring (bicyclic) bond motifs is 5. The average Bonchev–Trinajstić information content (AvgIpc) is 2.98. The Labute approximate surface area is 142 Å². The molecular formula is C20H14N4O. The number of nitrogens with zero attached hydrogens (tertiary/aromatic N) is 4. The molecule has 2 aromatic heterocycles. The molecule has 0 radical (unpaired) electrons. The molecule has 0 spiro atoms. The van der Waals surface area contributed by atoms with Crippen molar-refractivity contribution in [3.63, 3.8) is 0 Å². The van der Waals surface area contributed by atoms with Crippen LogP contribution in [0.2, 0.25) is 0 Å². The van der Waals surface area contributed by atoms with E-state index in [-0.39, 0.29) is 5.69 Å². The van der Waals surface area contributed by atoms with Gasteiger partial charge >= 0.3 is 5.69 Å². The number of benzene rings is 3. The molecule has 0 aliphatic carbocycles. The fourth-order valence-electron chi connectivity index (χ4n) is 3.26. The van der Waals surface area contributed by atoms with Crippen LogP contribution in [-0.4, -0.2) is 19.2 Å². The third-order valence-corrected chi connectivity index (χ3v) is 4.49. The molecular weight excluding hydrogens is 312 g/mol. The van der Waals surface area contributed by atoms with Crippen molar-refractivity contribution in [2.24, 2.45) is 0 Å². The summed E-state index contributed by atoms with van der Waals surface area (Å²) >= 11 is 0. The third-order valence-electron chi connectivity index (χ3n) is 4.49. The topological polar surface area (TPSA) is 52.2 Å². The van der Waals surface area contributed by atoms with Crippen molar-refractivity contribution in [3.8, 4) is 0 Å². The molecule has 3 aromatic carbocycles. The maximum absolute atomic E-state index is 12.7. The van der Waals surface area contributed by atoms with E-state index >= 15 is 0 Å². The Hall–Kier alpha value is -3.47. The summed E-state index contributed by atoms with van der Waals surface area (Å²) in [6.45, 7) is 0.441. The smallest absolute Gasteiger partial charge is 0.246 e. The van der Waals surface area contributed by atoms with Gasteiger partial charge in [0.25, 0.3) is 0 Å². The summed E-state index contributed by atoms with van der Waals surface area (Å²) in [6.07, 6.45) is 1.57. The minimum absolute atomic E-state index is 0.179. The van der Waals surface area contributed by atoms with Crippen molar-refractivity contribution < 1.29 is 0 Å².